The summed E-state index contributed by atoms with van der Waals surface area (Å²) in [4.78, 5) is 12.0. The van der Waals surface area contributed by atoms with Gasteiger partial charge in [0, 0.05) is 13.1 Å². The van der Waals surface area contributed by atoms with Crippen molar-refractivity contribution in [2.75, 3.05) is 32.1 Å². The second kappa shape index (κ2) is 12.1. The smallest absolute Gasteiger partial charge is 0.320 e. The number of aromatic nitrogens is 4. The van der Waals surface area contributed by atoms with Gasteiger partial charge in [0.1, 0.15) is 11.6 Å². The molecule has 1 N–H and O–H groups in total. The molecule has 0 saturated carbocycles. The summed E-state index contributed by atoms with van der Waals surface area (Å²) in [5, 5.41) is 9.04. The van der Waals surface area contributed by atoms with Crippen LogP contribution in [0, 0.1) is 0 Å². The maximum absolute atomic E-state index is 5.92. The summed E-state index contributed by atoms with van der Waals surface area (Å²) in [6, 6.07) is 17.2. The highest BCUT2D eigenvalue weighted by Crippen LogP contribution is 2.25. The molecule has 2 aromatic heterocycles. The maximum atomic E-state index is 5.92. The second-order valence-corrected chi connectivity index (χ2v) is 9.60. The third-order valence-corrected chi connectivity index (χ3v) is 6.75. The predicted molar refractivity (Wildman–Crippen MR) is 146 cm³/mol. The fourth-order valence-electron chi connectivity index (χ4n) is 4.69. The van der Waals surface area contributed by atoms with E-state index in [1.165, 1.54) is 37.1 Å². The van der Waals surface area contributed by atoms with Gasteiger partial charge in [-0.3, -0.25) is 4.90 Å². The van der Waals surface area contributed by atoms with Gasteiger partial charge < -0.3 is 14.8 Å². The summed E-state index contributed by atoms with van der Waals surface area (Å²) < 4.78 is 13.1. The number of ether oxygens (including phenoxy) is 2. The molecule has 194 valence electrons. The van der Waals surface area contributed by atoms with Crippen LogP contribution in [0.1, 0.15) is 49.3 Å². The SMILES string of the molecule is CCCCOc1nc(NCc2ccc(OC)cc2)c2cnn(Cc3cccc(CN4CCCC4)c3)c2n1. The molecule has 0 bridgehead atoms. The Balaban J connectivity index is 1.38. The molecule has 0 atom stereocenters. The Morgan fingerprint density at radius 1 is 0.946 bits per heavy atom. The van der Waals surface area contributed by atoms with E-state index >= 15 is 0 Å². The highest BCUT2D eigenvalue weighted by molar-refractivity contribution is 5.86. The van der Waals surface area contributed by atoms with E-state index in [4.69, 9.17) is 19.6 Å². The zero-order chi connectivity index (χ0) is 25.5. The molecule has 0 amide bonds. The number of benzene rings is 2. The molecular formula is C29H36N6O2. The van der Waals surface area contributed by atoms with Gasteiger partial charge in [-0.05, 0) is 61.2 Å². The van der Waals surface area contributed by atoms with E-state index in [9.17, 15) is 0 Å². The third-order valence-electron chi connectivity index (χ3n) is 6.75. The lowest BCUT2D eigenvalue weighted by Crippen LogP contribution is -2.18. The molecule has 0 radical (unpaired) electrons. The number of unbranched alkanes of at least 4 members (excludes halogenated alkanes) is 1. The maximum Gasteiger partial charge on any atom is 0.320 e. The van der Waals surface area contributed by atoms with Crippen molar-refractivity contribution in [2.24, 2.45) is 0 Å². The van der Waals surface area contributed by atoms with E-state index in [1.54, 1.807) is 7.11 Å². The molecule has 0 aliphatic carbocycles. The molecule has 3 heterocycles. The molecule has 5 rings (SSSR count). The molecule has 0 unspecified atom stereocenters. The zero-order valence-electron chi connectivity index (χ0n) is 21.8. The van der Waals surface area contributed by atoms with Crippen LogP contribution in [0.2, 0.25) is 0 Å². The molecule has 0 spiro atoms. The number of hydrogen-bond acceptors (Lipinski definition) is 7. The number of anilines is 1. The van der Waals surface area contributed by atoms with Crippen LogP contribution in [0.5, 0.6) is 11.8 Å². The summed E-state index contributed by atoms with van der Waals surface area (Å²) in [6.45, 7) is 7.38. The first-order valence-electron chi connectivity index (χ1n) is 13.2. The molecule has 8 nitrogen and oxygen atoms in total. The summed E-state index contributed by atoms with van der Waals surface area (Å²) in [5.74, 6) is 1.56. The molecule has 2 aromatic carbocycles. The summed E-state index contributed by atoms with van der Waals surface area (Å²) >= 11 is 0. The van der Waals surface area contributed by atoms with E-state index in [-0.39, 0.29) is 0 Å². The van der Waals surface area contributed by atoms with Crippen molar-refractivity contribution in [1.82, 2.24) is 24.6 Å². The van der Waals surface area contributed by atoms with Gasteiger partial charge in [-0.25, -0.2) is 4.68 Å². The van der Waals surface area contributed by atoms with Crippen LogP contribution in [0.3, 0.4) is 0 Å². The van der Waals surface area contributed by atoms with Crippen molar-refractivity contribution >= 4 is 16.9 Å². The Hall–Kier alpha value is -3.65. The number of nitrogens with one attached hydrogen (secondary N) is 1. The van der Waals surface area contributed by atoms with Crippen molar-refractivity contribution in [2.45, 2.75) is 52.2 Å². The second-order valence-electron chi connectivity index (χ2n) is 9.60. The Morgan fingerprint density at radius 3 is 2.49 bits per heavy atom. The summed E-state index contributed by atoms with van der Waals surface area (Å²) in [5.41, 5.74) is 4.45. The first kappa shape index (κ1) is 25.0. The van der Waals surface area contributed by atoms with E-state index < -0.39 is 0 Å². The van der Waals surface area contributed by atoms with Gasteiger partial charge in [0.05, 0.1) is 31.8 Å². The molecule has 1 aliphatic heterocycles. The number of fused-ring (bicyclic) bond motifs is 1. The minimum atomic E-state index is 0.378. The lowest BCUT2D eigenvalue weighted by Gasteiger charge is -2.15. The predicted octanol–water partition coefficient (Wildman–Crippen LogP) is 5.27. The van der Waals surface area contributed by atoms with Crippen molar-refractivity contribution in [3.05, 3.63) is 71.4 Å². The number of nitrogens with zero attached hydrogens (tertiary/aromatic N) is 5. The average molecular weight is 501 g/mol. The van der Waals surface area contributed by atoms with Gasteiger partial charge in [-0.2, -0.15) is 15.1 Å². The van der Waals surface area contributed by atoms with Crippen LogP contribution in [0.4, 0.5) is 5.82 Å². The number of rotatable bonds is 12. The first-order valence-corrected chi connectivity index (χ1v) is 13.2. The standard InChI is InChI=1S/C29H36N6O2/c1-3-4-16-37-29-32-27(30-18-22-10-12-25(36-2)13-11-22)26-19-31-35(28(26)33-29)21-24-9-7-8-23(17-24)20-34-14-5-6-15-34/h7-13,17,19H,3-6,14-16,18,20-21H2,1-2H3,(H,30,32,33). The van der Waals surface area contributed by atoms with E-state index in [1.807, 2.05) is 35.1 Å². The fourth-order valence-corrected chi connectivity index (χ4v) is 4.69. The monoisotopic (exact) mass is 500 g/mol. The highest BCUT2D eigenvalue weighted by atomic mass is 16.5. The highest BCUT2D eigenvalue weighted by Gasteiger charge is 2.16. The summed E-state index contributed by atoms with van der Waals surface area (Å²) in [6.07, 6.45) is 6.46. The zero-order valence-corrected chi connectivity index (χ0v) is 21.8. The lowest BCUT2D eigenvalue weighted by atomic mass is 10.1. The van der Waals surface area contributed by atoms with Crippen molar-refractivity contribution in [1.29, 1.82) is 0 Å². The van der Waals surface area contributed by atoms with Crippen LogP contribution in [-0.4, -0.2) is 51.5 Å². The topological polar surface area (TPSA) is 77.3 Å². The van der Waals surface area contributed by atoms with Gasteiger partial charge in [0.15, 0.2) is 5.65 Å². The minimum Gasteiger partial charge on any atom is -0.497 e. The van der Waals surface area contributed by atoms with Gasteiger partial charge >= 0.3 is 6.01 Å². The van der Waals surface area contributed by atoms with Gasteiger partial charge in [0.25, 0.3) is 0 Å². The van der Waals surface area contributed by atoms with Crippen LogP contribution in [0.15, 0.2) is 54.7 Å². The summed E-state index contributed by atoms with van der Waals surface area (Å²) in [7, 11) is 1.67. The molecule has 4 aromatic rings. The van der Waals surface area contributed by atoms with Crippen LogP contribution in [0.25, 0.3) is 11.0 Å². The fraction of sp³-hybridized carbons (Fsp3) is 0.414. The van der Waals surface area contributed by atoms with Crippen LogP contribution >= 0.6 is 0 Å². The Kier molecular flexibility index (Phi) is 8.15. The lowest BCUT2D eigenvalue weighted by molar-refractivity contribution is 0.286. The van der Waals surface area contributed by atoms with Crippen molar-refractivity contribution in [3.63, 3.8) is 0 Å². The Labute approximate surface area is 218 Å². The van der Waals surface area contributed by atoms with Crippen LogP contribution in [-0.2, 0) is 19.6 Å². The van der Waals surface area contributed by atoms with E-state index in [0.717, 1.165) is 47.6 Å². The van der Waals surface area contributed by atoms with E-state index in [2.05, 4.69) is 46.4 Å². The van der Waals surface area contributed by atoms with Gasteiger partial charge in [-0.1, -0.05) is 49.7 Å². The minimum absolute atomic E-state index is 0.378. The van der Waals surface area contributed by atoms with Crippen LogP contribution < -0.4 is 14.8 Å². The third kappa shape index (κ3) is 6.38. The number of methoxy groups -OCH3 is 1. The Bertz CT molecular complexity index is 1300. The van der Waals surface area contributed by atoms with Gasteiger partial charge in [-0.15, -0.1) is 0 Å². The Morgan fingerprint density at radius 2 is 1.73 bits per heavy atom. The molecule has 1 saturated heterocycles. The quantitative estimate of drug-likeness (QED) is 0.266. The first-order chi connectivity index (χ1) is 18.2. The van der Waals surface area contributed by atoms with Crippen molar-refractivity contribution in [3.8, 4) is 11.8 Å². The van der Waals surface area contributed by atoms with Gasteiger partial charge in [0.2, 0.25) is 0 Å². The largest absolute Gasteiger partial charge is 0.497 e. The van der Waals surface area contributed by atoms with Crippen molar-refractivity contribution < 1.29 is 9.47 Å². The molecule has 1 fully saturated rings. The van der Waals surface area contributed by atoms with E-state index in [0.29, 0.717) is 25.7 Å². The normalized spacial score (nSPS) is 13.8. The number of hydrogen-bond donors (Lipinski definition) is 1. The number of likely N-dealkylation sites (tertiary alicyclic amines) is 1. The molecular weight excluding hydrogens is 464 g/mol. The molecule has 8 heteroatoms. The average Bonchev–Trinajstić information content (AvgIpc) is 3.58. The molecule has 1 aliphatic rings. The molecule has 37 heavy (non-hydrogen) atoms.